The Hall–Kier alpha value is -7.55. The first-order valence-corrected chi connectivity index (χ1v) is 20.0. The van der Waals surface area contributed by atoms with Crippen LogP contribution in [0.3, 0.4) is 0 Å². The highest BCUT2D eigenvalue weighted by atomic mass is 16.3. The average Bonchev–Trinajstić information content (AvgIpc) is 3.92. The van der Waals surface area contributed by atoms with Gasteiger partial charge in [-0.3, -0.25) is 0 Å². The smallest absolute Gasteiger partial charge is 0.136 e. The predicted octanol–water partition coefficient (Wildman–Crippen LogP) is 14.6. The number of furan rings is 1. The molecule has 2 aliphatic carbocycles. The summed E-state index contributed by atoms with van der Waals surface area (Å²) in [5, 5.41) is 5.65. The van der Waals surface area contributed by atoms with E-state index in [4.69, 9.17) is 9.40 Å². The van der Waals surface area contributed by atoms with E-state index in [0.29, 0.717) is 0 Å². The van der Waals surface area contributed by atoms with Gasteiger partial charge in [0.25, 0.3) is 0 Å². The van der Waals surface area contributed by atoms with Crippen LogP contribution in [-0.2, 0) is 5.41 Å². The van der Waals surface area contributed by atoms with E-state index >= 15 is 0 Å². The molecule has 0 unspecified atom stereocenters. The van der Waals surface area contributed by atoms with Crippen molar-refractivity contribution in [2.24, 2.45) is 0 Å². The van der Waals surface area contributed by atoms with Crippen LogP contribution in [0.2, 0.25) is 0 Å². The molecule has 0 saturated carbocycles. The third kappa shape index (κ3) is 4.08. The molecule has 0 radical (unpaired) electrons. The van der Waals surface area contributed by atoms with Gasteiger partial charge < -0.3 is 4.42 Å². The van der Waals surface area contributed by atoms with Gasteiger partial charge >= 0.3 is 0 Å². The summed E-state index contributed by atoms with van der Waals surface area (Å²) in [5.41, 5.74) is 19.8. The fourth-order valence-corrected chi connectivity index (χ4v) is 10.6. The first kappa shape index (κ1) is 31.6. The molecular weight excluding hydrogens is 703 g/mol. The van der Waals surface area contributed by atoms with Crippen LogP contribution in [-0.4, -0.2) is 4.98 Å². The Morgan fingerprint density at radius 2 is 0.914 bits per heavy atom. The number of rotatable bonds is 3. The lowest BCUT2D eigenvalue weighted by Gasteiger charge is -2.30. The van der Waals surface area contributed by atoms with E-state index in [-0.39, 0.29) is 5.41 Å². The lowest BCUT2D eigenvalue weighted by Crippen LogP contribution is -2.25. The molecule has 0 saturated heterocycles. The molecule has 268 valence electrons. The van der Waals surface area contributed by atoms with E-state index in [9.17, 15) is 0 Å². The Kier molecular flexibility index (Phi) is 6.40. The molecule has 0 amide bonds. The summed E-state index contributed by atoms with van der Waals surface area (Å²) in [6.07, 6.45) is 0. The van der Waals surface area contributed by atoms with Crippen molar-refractivity contribution in [1.82, 2.24) is 4.98 Å². The molecule has 0 atom stereocenters. The lowest BCUT2D eigenvalue weighted by atomic mass is 9.70. The fraction of sp³-hybridized carbons (Fsp3) is 0.0179. The van der Waals surface area contributed by atoms with Crippen molar-refractivity contribution in [3.8, 4) is 55.8 Å². The summed E-state index contributed by atoms with van der Waals surface area (Å²) in [6, 6.07) is 72.9. The van der Waals surface area contributed by atoms with E-state index in [2.05, 4.69) is 194 Å². The molecule has 0 N–H and O–H groups in total. The number of para-hydroxylation sites is 2. The van der Waals surface area contributed by atoms with Gasteiger partial charge in [0.15, 0.2) is 0 Å². The van der Waals surface area contributed by atoms with E-state index in [0.717, 1.165) is 55.0 Å². The highest BCUT2D eigenvalue weighted by Crippen LogP contribution is 2.64. The average molecular weight is 736 g/mol. The maximum absolute atomic E-state index is 6.63. The van der Waals surface area contributed by atoms with Crippen molar-refractivity contribution >= 4 is 43.6 Å². The number of hydrogen-bond donors (Lipinski definition) is 0. The van der Waals surface area contributed by atoms with Crippen LogP contribution in [0, 0.1) is 0 Å². The normalized spacial score (nSPS) is 13.3. The minimum Gasteiger partial charge on any atom is -0.456 e. The van der Waals surface area contributed by atoms with Crippen LogP contribution < -0.4 is 0 Å². The second-order valence-corrected chi connectivity index (χ2v) is 15.7. The summed E-state index contributed by atoms with van der Waals surface area (Å²) in [4.78, 5) is 5.41. The van der Waals surface area contributed by atoms with Crippen molar-refractivity contribution in [2.75, 3.05) is 0 Å². The minimum atomic E-state index is -0.374. The number of pyridine rings is 1. The minimum absolute atomic E-state index is 0.374. The van der Waals surface area contributed by atoms with Gasteiger partial charge in [-0.25, -0.2) is 4.98 Å². The summed E-state index contributed by atoms with van der Waals surface area (Å²) in [5.74, 6) is 0. The molecule has 2 aliphatic rings. The van der Waals surface area contributed by atoms with Gasteiger partial charge in [-0.05, 0) is 79.4 Å². The van der Waals surface area contributed by atoms with Gasteiger partial charge in [-0.2, -0.15) is 0 Å². The SMILES string of the molecule is c1ccc(-c2c3c(cc4c(-c5ccc(-c6cccc7c6-c6ccccc6C76c7ccccc7-c7ccccc76)cc5)nc5ccccc5c24)oc2ccccc23)cc1. The number of aromatic nitrogens is 1. The van der Waals surface area contributed by atoms with Gasteiger partial charge in [0.1, 0.15) is 11.2 Å². The second-order valence-electron chi connectivity index (χ2n) is 15.7. The zero-order chi connectivity index (χ0) is 38.0. The summed E-state index contributed by atoms with van der Waals surface area (Å²) in [7, 11) is 0. The Labute approximate surface area is 335 Å². The molecule has 0 fully saturated rings. The molecule has 2 heteroatoms. The number of hydrogen-bond acceptors (Lipinski definition) is 2. The molecule has 1 spiro atoms. The fourth-order valence-electron chi connectivity index (χ4n) is 10.6. The first-order valence-electron chi connectivity index (χ1n) is 20.0. The van der Waals surface area contributed by atoms with Crippen LogP contribution >= 0.6 is 0 Å². The van der Waals surface area contributed by atoms with E-state index < -0.39 is 0 Å². The zero-order valence-corrected chi connectivity index (χ0v) is 31.4. The van der Waals surface area contributed by atoms with Crippen molar-refractivity contribution < 1.29 is 4.42 Å². The van der Waals surface area contributed by atoms with Gasteiger partial charge in [0.2, 0.25) is 0 Å². The van der Waals surface area contributed by atoms with Crippen LogP contribution in [0.25, 0.3) is 99.4 Å². The lowest BCUT2D eigenvalue weighted by molar-refractivity contribution is 0.669. The van der Waals surface area contributed by atoms with Crippen LogP contribution in [0.4, 0.5) is 0 Å². The topological polar surface area (TPSA) is 26.0 Å². The van der Waals surface area contributed by atoms with Crippen molar-refractivity contribution in [2.45, 2.75) is 5.41 Å². The molecule has 2 aromatic heterocycles. The summed E-state index contributed by atoms with van der Waals surface area (Å²) < 4.78 is 6.63. The molecule has 2 nitrogen and oxygen atoms in total. The van der Waals surface area contributed by atoms with Gasteiger partial charge in [0, 0.05) is 38.1 Å². The van der Waals surface area contributed by atoms with E-state index in [1.54, 1.807) is 0 Å². The number of benzene rings is 9. The maximum atomic E-state index is 6.63. The van der Waals surface area contributed by atoms with Crippen LogP contribution in [0.15, 0.2) is 205 Å². The molecule has 58 heavy (non-hydrogen) atoms. The van der Waals surface area contributed by atoms with Gasteiger partial charge in [-0.1, -0.05) is 182 Å². The van der Waals surface area contributed by atoms with Crippen LogP contribution in [0.1, 0.15) is 22.3 Å². The quantitative estimate of drug-likeness (QED) is 0.169. The van der Waals surface area contributed by atoms with Gasteiger partial charge in [-0.15, -0.1) is 0 Å². The van der Waals surface area contributed by atoms with E-state index in [1.807, 2.05) is 6.07 Å². The van der Waals surface area contributed by atoms with Crippen molar-refractivity contribution in [1.29, 1.82) is 0 Å². The molecule has 13 rings (SSSR count). The summed E-state index contributed by atoms with van der Waals surface area (Å²) in [6.45, 7) is 0. The Bertz CT molecular complexity index is 3460. The largest absolute Gasteiger partial charge is 0.456 e. The van der Waals surface area contributed by atoms with Crippen molar-refractivity contribution in [3.05, 3.63) is 222 Å². The number of fused-ring (bicyclic) bond motifs is 16. The number of nitrogens with zero attached hydrogens (tertiary/aromatic N) is 1. The highest BCUT2D eigenvalue weighted by molar-refractivity contribution is 6.27. The second kappa shape index (κ2) is 11.7. The Morgan fingerprint density at radius 1 is 0.345 bits per heavy atom. The molecule has 0 aliphatic heterocycles. The summed E-state index contributed by atoms with van der Waals surface area (Å²) >= 11 is 0. The molecule has 9 aromatic carbocycles. The molecular formula is C56H33NO. The first-order chi connectivity index (χ1) is 28.8. The van der Waals surface area contributed by atoms with Crippen molar-refractivity contribution in [3.63, 3.8) is 0 Å². The monoisotopic (exact) mass is 735 g/mol. The van der Waals surface area contributed by atoms with Gasteiger partial charge in [0.05, 0.1) is 16.6 Å². The molecule has 0 bridgehead atoms. The Morgan fingerprint density at radius 3 is 1.67 bits per heavy atom. The maximum Gasteiger partial charge on any atom is 0.136 e. The standard InChI is InChI=1S/C56H33NO/c1-2-15-35(16-3-1)51-53-41-20-7-12-27-48(41)57-55(43(53)33-50-54(51)42-21-8-13-28-49(42)58-50)36-31-29-34(30-32-36)37-22-14-26-47-52(37)40-19-6-11-25-46(40)56(47)44-23-9-4-17-38(44)39-18-5-10-24-45(39)56/h1-33H. The predicted molar refractivity (Wildman–Crippen MR) is 239 cm³/mol. The third-order valence-corrected chi connectivity index (χ3v) is 12.9. The van der Waals surface area contributed by atoms with E-state index in [1.165, 1.54) is 66.6 Å². The third-order valence-electron chi connectivity index (χ3n) is 12.9. The molecule has 11 aromatic rings. The van der Waals surface area contributed by atoms with Crippen LogP contribution in [0.5, 0.6) is 0 Å². The highest BCUT2D eigenvalue weighted by Gasteiger charge is 2.51. The molecule has 2 heterocycles. The Balaban J connectivity index is 1.04. The zero-order valence-electron chi connectivity index (χ0n) is 31.4.